The number of aliphatic hydroxyl groups excluding tert-OH is 1. The van der Waals surface area contributed by atoms with Gasteiger partial charge in [-0.25, -0.2) is 0 Å². The van der Waals surface area contributed by atoms with Crippen LogP contribution < -0.4 is 4.74 Å². The van der Waals surface area contributed by atoms with Crippen LogP contribution in [0.4, 0.5) is 0 Å². The third kappa shape index (κ3) is 5.77. The zero-order valence-corrected chi connectivity index (χ0v) is 18.9. The molecule has 0 saturated carbocycles. The van der Waals surface area contributed by atoms with Gasteiger partial charge in [0.05, 0.1) is 5.52 Å². The normalized spacial score (nSPS) is 12.8. The molecule has 0 aliphatic carbocycles. The topological polar surface area (TPSA) is 37.6 Å². The molecule has 4 heteroatoms. The minimum Gasteiger partial charge on any atom is -0.490 e. The summed E-state index contributed by atoms with van der Waals surface area (Å²) >= 11 is 0. The Kier molecular flexibility index (Phi) is 8.59. The van der Waals surface area contributed by atoms with E-state index in [0.29, 0.717) is 13.2 Å². The lowest BCUT2D eigenvalue weighted by atomic mass is 10.1. The molecular weight excluding hydrogens is 372 g/mol. The Morgan fingerprint density at radius 1 is 0.900 bits per heavy atom. The van der Waals surface area contributed by atoms with E-state index in [1.54, 1.807) is 0 Å². The van der Waals surface area contributed by atoms with Crippen LogP contribution in [0.5, 0.6) is 5.75 Å². The molecule has 3 rings (SSSR count). The highest BCUT2D eigenvalue weighted by atomic mass is 16.5. The van der Waals surface area contributed by atoms with Crippen molar-refractivity contribution >= 4 is 21.8 Å². The molecule has 0 spiro atoms. The summed E-state index contributed by atoms with van der Waals surface area (Å²) in [5, 5.41) is 12.6. The van der Waals surface area contributed by atoms with Crippen molar-refractivity contribution in [1.29, 1.82) is 0 Å². The van der Waals surface area contributed by atoms with Gasteiger partial charge < -0.3 is 19.3 Å². The Bertz CT molecular complexity index is 916. The summed E-state index contributed by atoms with van der Waals surface area (Å²) in [6, 6.07) is 14.9. The molecule has 30 heavy (non-hydrogen) atoms. The fraction of sp³-hybridized carbons (Fsp3) is 0.538. The first-order chi connectivity index (χ1) is 14.6. The number of ether oxygens (including phenoxy) is 1. The highest BCUT2D eigenvalue weighted by Crippen LogP contribution is 2.36. The van der Waals surface area contributed by atoms with Crippen LogP contribution in [0, 0.1) is 0 Å². The van der Waals surface area contributed by atoms with Crippen molar-refractivity contribution in [2.24, 2.45) is 0 Å². The average molecular weight is 411 g/mol. The predicted molar refractivity (Wildman–Crippen MR) is 127 cm³/mol. The van der Waals surface area contributed by atoms with Crippen LogP contribution in [-0.2, 0) is 6.54 Å². The van der Waals surface area contributed by atoms with E-state index in [2.05, 4.69) is 47.9 Å². The number of rotatable bonds is 13. The van der Waals surface area contributed by atoms with Crippen molar-refractivity contribution in [3.8, 4) is 5.75 Å². The van der Waals surface area contributed by atoms with Gasteiger partial charge in [0.1, 0.15) is 18.5 Å². The zero-order chi connectivity index (χ0) is 21.3. The molecule has 0 aliphatic heterocycles. The molecule has 0 amide bonds. The van der Waals surface area contributed by atoms with E-state index in [9.17, 15) is 5.11 Å². The van der Waals surface area contributed by atoms with Crippen molar-refractivity contribution in [3.63, 3.8) is 0 Å². The molecule has 1 unspecified atom stereocenters. The second-order valence-electron chi connectivity index (χ2n) is 8.67. The van der Waals surface area contributed by atoms with Crippen LogP contribution in [0.2, 0.25) is 0 Å². The number of aryl methyl sites for hydroxylation is 1. The Morgan fingerprint density at radius 2 is 1.60 bits per heavy atom. The van der Waals surface area contributed by atoms with Gasteiger partial charge in [-0.1, -0.05) is 69.7 Å². The van der Waals surface area contributed by atoms with Gasteiger partial charge in [0.25, 0.3) is 0 Å². The lowest BCUT2D eigenvalue weighted by molar-refractivity contribution is 0.0838. The number of aliphatic hydroxyl groups is 1. The van der Waals surface area contributed by atoms with Gasteiger partial charge >= 0.3 is 0 Å². The van der Waals surface area contributed by atoms with Crippen LogP contribution >= 0.6 is 0 Å². The second kappa shape index (κ2) is 11.4. The number of hydrogen-bond donors (Lipinski definition) is 1. The smallest absolute Gasteiger partial charge is 0.129 e. The van der Waals surface area contributed by atoms with Gasteiger partial charge in [-0.2, -0.15) is 0 Å². The molecule has 0 bridgehead atoms. The molecule has 0 radical (unpaired) electrons. The Hall–Kier alpha value is -2.04. The highest BCUT2D eigenvalue weighted by molar-refractivity contribution is 6.11. The van der Waals surface area contributed by atoms with E-state index in [0.717, 1.165) is 17.7 Å². The number of benzene rings is 2. The number of unbranched alkanes of at least 4 members (excludes halogenated alkanes) is 6. The number of para-hydroxylation sites is 1. The third-order valence-electron chi connectivity index (χ3n) is 5.75. The van der Waals surface area contributed by atoms with Crippen LogP contribution in [0.15, 0.2) is 42.5 Å². The van der Waals surface area contributed by atoms with Crippen LogP contribution in [0.3, 0.4) is 0 Å². The van der Waals surface area contributed by atoms with Gasteiger partial charge in [0, 0.05) is 29.4 Å². The summed E-state index contributed by atoms with van der Waals surface area (Å²) in [5.74, 6) is 0.861. The molecule has 1 heterocycles. The highest BCUT2D eigenvalue weighted by Gasteiger charge is 2.15. The summed E-state index contributed by atoms with van der Waals surface area (Å²) in [5.41, 5.74) is 2.49. The van der Waals surface area contributed by atoms with E-state index >= 15 is 0 Å². The van der Waals surface area contributed by atoms with Gasteiger partial charge in [0.15, 0.2) is 0 Å². The molecule has 4 nitrogen and oxygen atoms in total. The summed E-state index contributed by atoms with van der Waals surface area (Å²) in [6.45, 7) is 4.19. The summed E-state index contributed by atoms with van der Waals surface area (Å²) in [4.78, 5) is 1.97. The molecule has 0 aliphatic rings. The van der Waals surface area contributed by atoms with E-state index in [1.807, 2.05) is 25.1 Å². The lowest BCUT2D eigenvalue weighted by Crippen LogP contribution is -2.30. The molecule has 2 aromatic carbocycles. The minimum absolute atomic E-state index is 0.300. The van der Waals surface area contributed by atoms with Crippen molar-refractivity contribution in [1.82, 2.24) is 9.47 Å². The third-order valence-corrected chi connectivity index (χ3v) is 5.75. The van der Waals surface area contributed by atoms with E-state index in [4.69, 9.17) is 4.74 Å². The molecule has 0 saturated heterocycles. The fourth-order valence-electron chi connectivity index (χ4n) is 4.31. The maximum Gasteiger partial charge on any atom is 0.129 e. The Balaban J connectivity index is 1.77. The SMILES string of the molecule is CCCCCCCCCn1c2ccccc2c2c(OCC(O)CN(C)C)cccc21. The first-order valence-corrected chi connectivity index (χ1v) is 11.6. The van der Waals surface area contributed by atoms with Gasteiger partial charge in [-0.15, -0.1) is 0 Å². The average Bonchev–Trinajstić information content (AvgIpc) is 3.05. The molecule has 1 atom stereocenters. The van der Waals surface area contributed by atoms with Crippen molar-refractivity contribution in [2.75, 3.05) is 27.2 Å². The van der Waals surface area contributed by atoms with Gasteiger partial charge in [-0.05, 0) is 38.7 Å². The van der Waals surface area contributed by atoms with Gasteiger partial charge in [0.2, 0.25) is 0 Å². The molecule has 3 aromatic rings. The number of likely N-dealkylation sites (N-methyl/N-ethyl adjacent to an activating group) is 1. The maximum atomic E-state index is 10.2. The van der Waals surface area contributed by atoms with Crippen molar-refractivity contribution in [3.05, 3.63) is 42.5 Å². The summed E-state index contributed by atoms with van der Waals surface area (Å²) in [7, 11) is 3.92. The number of aromatic nitrogens is 1. The summed E-state index contributed by atoms with van der Waals surface area (Å²) < 4.78 is 8.54. The Labute approximate surface area is 181 Å². The quantitative estimate of drug-likeness (QED) is 0.359. The van der Waals surface area contributed by atoms with Crippen LogP contribution in [0.1, 0.15) is 51.9 Å². The van der Waals surface area contributed by atoms with Crippen molar-refractivity contribution < 1.29 is 9.84 Å². The van der Waals surface area contributed by atoms with Gasteiger partial charge in [-0.3, -0.25) is 0 Å². The van der Waals surface area contributed by atoms with Crippen LogP contribution in [0.25, 0.3) is 21.8 Å². The molecule has 1 aromatic heterocycles. The fourth-order valence-corrected chi connectivity index (χ4v) is 4.31. The monoisotopic (exact) mass is 410 g/mol. The van der Waals surface area contributed by atoms with Crippen molar-refractivity contribution in [2.45, 2.75) is 64.5 Å². The second-order valence-corrected chi connectivity index (χ2v) is 8.67. The van der Waals surface area contributed by atoms with Crippen LogP contribution in [-0.4, -0.2) is 47.9 Å². The number of nitrogens with zero attached hydrogens (tertiary/aromatic N) is 2. The maximum absolute atomic E-state index is 10.2. The first-order valence-electron chi connectivity index (χ1n) is 11.6. The molecule has 0 fully saturated rings. The number of hydrogen-bond acceptors (Lipinski definition) is 3. The molecule has 164 valence electrons. The predicted octanol–water partition coefficient (Wildman–Crippen LogP) is 5.85. The van der Waals surface area contributed by atoms with E-state index in [1.165, 1.54) is 61.4 Å². The molecular formula is C26H38N2O2. The standard InChI is InChI=1S/C26H38N2O2/c1-4-5-6-7-8-9-12-18-28-23-15-11-10-14-22(23)26-24(28)16-13-17-25(26)30-20-21(29)19-27(2)3/h10-11,13-17,21,29H,4-9,12,18-20H2,1-3H3. The van der Waals surface area contributed by atoms with E-state index < -0.39 is 6.10 Å². The number of fused-ring (bicyclic) bond motifs is 3. The molecule has 1 N–H and O–H groups in total. The first kappa shape index (κ1) is 22.6. The Morgan fingerprint density at radius 3 is 2.37 bits per heavy atom. The lowest BCUT2D eigenvalue weighted by Gasteiger charge is -2.17. The van der Waals surface area contributed by atoms with E-state index in [-0.39, 0.29) is 0 Å². The minimum atomic E-state index is -0.503. The zero-order valence-electron chi connectivity index (χ0n) is 18.9. The summed E-state index contributed by atoms with van der Waals surface area (Å²) in [6.07, 6.45) is 8.69. The largest absolute Gasteiger partial charge is 0.490 e.